The molecule has 0 aliphatic carbocycles. The van der Waals surface area contributed by atoms with Crippen LogP contribution in [0, 0.1) is 13.8 Å². The third-order valence-electron chi connectivity index (χ3n) is 9.41. The first-order chi connectivity index (χ1) is 22.9. The normalized spacial score (nSPS) is 21.5. The Balaban J connectivity index is 1.76. The first kappa shape index (κ1) is 35.9. The number of nitrogens with one attached hydrogen (secondary N) is 1. The van der Waals surface area contributed by atoms with Crippen molar-refractivity contribution in [1.29, 1.82) is 0 Å². The van der Waals surface area contributed by atoms with Crippen molar-refractivity contribution in [2.45, 2.75) is 117 Å². The number of phenolic OH excluding ortho intramolecular Hbond substituents is 1. The van der Waals surface area contributed by atoms with Crippen LogP contribution in [-0.2, 0) is 22.3 Å². The summed E-state index contributed by atoms with van der Waals surface area (Å²) in [6.45, 7) is 14.8. The number of aliphatic hydroxyl groups is 1. The van der Waals surface area contributed by atoms with E-state index in [9.17, 15) is 15.0 Å². The van der Waals surface area contributed by atoms with Gasteiger partial charge in [0, 0.05) is 34.9 Å². The van der Waals surface area contributed by atoms with Gasteiger partial charge in [0.1, 0.15) is 11.4 Å². The highest BCUT2D eigenvalue weighted by molar-refractivity contribution is 5.74. The number of carbonyl (C=O) groups is 1. The second-order valence-corrected chi connectivity index (χ2v) is 14.1. The van der Waals surface area contributed by atoms with Gasteiger partial charge in [0.2, 0.25) is 6.79 Å². The fourth-order valence-corrected chi connectivity index (χ4v) is 7.28. The molecule has 3 N–H and O–H groups in total. The first-order valence-corrected chi connectivity index (χ1v) is 17.4. The van der Waals surface area contributed by atoms with Crippen LogP contribution in [0.3, 0.4) is 0 Å². The van der Waals surface area contributed by atoms with Gasteiger partial charge in [-0.15, -0.1) is 0 Å². The number of amides is 1. The molecule has 3 aliphatic rings. The Bertz CT molecular complexity index is 1470. The van der Waals surface area contributed by atoms with Crippen molar-refractivity contribution in [2.75, 3.05) is 40.3 Å². The van der Waals surface area contributed by atoms with Crippen LogP contribution < -0.4 is 24.3 Å². The van der Waals surface area contributed by atoms with Gasteiger partial charge < -0.3 is 44.0 Å². The molecule has 0 saturated heterocycles. The van der Waals surface area contributed by atoms with E-state index in [0.29, 0.717) is 48.9 Å². The predicted octanol–water partition coefficient (Wildman–Crippen LogP) is 6.19. The van der Waals surface area contributed by atoms with Gasteiger partial charge in [-0.2, -0.15) is 0 Å². The van der Waals surface area contributed by atoms with Crippen molar-refractivity contribution in [1.82, 2.24) is 10.2 Å². The monoisotopic (exact) mass is 670 g/mol. The lowest BCUT2D eigenvalue weighted by atomic mass is 9.78. The maximum atomic E-state index is 14.5. The molecule has 3 heterocycles. The topological polar surface area (TPSA) is 128 Å². The summed E-state index contributed by atoms with van der Waals surface area (Å²) in [4.78, 5) is 16.3. The number of phenols is 1. The zero-order valence-electron chi connectivity index (χ0n) is 29.9. The summed E-state index contributed by atoms with van der Waals surface area (Å²) in [5.74, 6) is 2.32. The van der Waals surface area contributed by atoms with Crippen molar-refractivity contribution in [3.63, 3.8) is 0 Å². The van der Waals surface area contributed by atoms with Crippen molar-refractivity contribution in [2.24, 2.45) is 0 Å². The summed E-state index contributed by atoms with van der Waals surface area (Å²) in [6.07, 6.45) is 4.02. The zero-order chi connectivity index (χ0) is 34.7. The summed E-state index contributed by atoms with van der Waals surface area (Å²) >= 11 is 0. The van der Waals surface area contributed by atoms with Crippen LogP contribution in [0.15, 0.2) is 6.07 Å². The Morgan fingerprint density at radius 1 is 1.04 bits per heavy atom. The number of unbranched alkanes of at least 4 members (excludes halogenated alkanes) is 2. The summed E-state index contributed by atoms with van der Waals surface area (Å²) in [5.41, 5.74) is 4.08. The molecule has 11 nitrogen and oxygen atoms in total. The fourth-order valence-electron chi connectivity index (χ4n) is 7.28. The Kier molecular flexibility index (Phi) is 11.2. The summed E-state index contributed by atoms with van der Waals surface area (Å²) in [7, 11) is 1.54. The smallest absolute Gasteiger partial charge is 0.411 e. The lowest BCUT2D eigenvalue weighted by Gasteiger charge is -2.49. The predicted molar refractivity (Wildman–Crippen MR) is 182 cm³/mol. The molecular formula is C37H54N2O9. The minimum Gasteiger partial charge on any atom is -0.504 e. The molecule has 5 rings (SSSR count). The molecule has 266 valence electrons. The summed E-state index contributed by atoms with van der Waals surface area (Å²) in [5, 5.41) is 25.8. The van der Waals surface area contributed by atoms with Crippen LogP contribution in [0.4, 0.5) is 4.79 Å². The van der Waals surface area contributed by atoms with Gasteiger partial charge in [0.15, 0.2) is 23.0 Å². The van der Waals surface area contributed by atoms with E-state index in [2.05, 4.69) is 19.2 Å². The molecular weight excluding hydrogens is 616 g/mol. The van der Waals surface area contributed by atoms with Crippen LogP contribution in [-0.4, -0.2) is 79.2 Å². The number of nitrogens with zero attached hydrogens (tertiary/aromatic N) is 1. The number of benzene rings is 2. The molecule has 1 unspecified atom stereocenters. The number of aryl methyl sites for hydroxylation is 1. The van der Waals surface area contributed by atoms with Gasteiger partial charge in [-0.05, 0) is 71.4 Å². The van der Waals surface area contributed by atoms with Crippen molar-refractivity contribution in [3.05, 3.63) is 39.4 Å². The molecule has 4 atom stereocenters. The molecule has 0 aromatic heterocycles. The maximum Gasteiger partial charge on any atom is 0.411 e. The second-order valence-electron chi connectivity index (χ2n) is 14.1. The third kappa shape index (κ3) is 7.00. The molecule has 48 heavy (non-hydrogen) atoms. The molecule has 0 radical (unpaired) electrons. The Morgan fingerprint density at radius 2 is 1.75 bits per heavy atom. The van der Waals surface area contributed by atoms with Gasteiger partial charge in [0.25, 0.3) is 0 Å². The van der Waals surface area contributed by atoms with E-state index in [4.69, 9.17) is 28.4 Å². The largest absolute Gasteiger partial charge is 0.504 e. The van der Waals surface area contributed by atoms with E-state index in [1.165, 1.54) is 7.11 Å². The maximum absolute atomic E-state index is 14.5. The van der Waals surface area contributed by atoms with Crippen LogP contribution in [0.5, 0.6) is 28.7 Å². The number of aromatic hydroxyl groups is 1. The highest BCUT2D eigenvalue weighted by Gasteiger charge is 2.50. The van der Waals surface area contributed by atoms with E-state index in [0.717, 1.165) is 59.3 Å². The Morgan fingerprint density at radius 3 is 2.42 bits per heavy atom. The Hall–Kier alpha value is -3.41. The molecule has 0 spiro atoms. The summed E-state index contributed by atoms with van der Waals surface area (Å²) in [6, 6.07) is -0.134. The second kappa shape index (κ2) is 15.0. The number of carbonyl (C=O) groups excluding carboxylic acids is 1. The number of ether oxygens (including phenoxy) is 6. The quantitative estimate of drug-likeness (QED) is 0.225. The average Bonchev–Trinajstić information content (AvgIpc) is 3.53. The number of methoxy groups -OCH3 is 1. The van der Waals surface area contributed by atoms with Crippen LogP contribution >= 0.6 is 0 Å². The van der Waals surface area contributed by atoms with Gasteiger partial charge in [-0.3, -0.25) is 4.90 Å². The van der Waals surface area contributed by atoms with E-state index >= 15 is 0 Å². The van der Waals surface area contributed by atoms with Gasteiger partial charge in [-0.25, -0.2) is 4.79 Å². The lowest BCUT2D eigenvalue weighted by Crippen LogP contribution is -2.58. The highest BCUT2D eigenvalue weighted by Crippen LogP contribution is 2.55. The molecule has 2 aromatic rings. The van der Waals surface area contributed by atoms with Crippen LogP contribution in [0.25, 0.3) is 0 Å². The fraction of sp³-hybridized carbons (Fsp3) is 0.649. The Labute approximate surface area is 284 Å². The number of hydrogen-bond acceptors (Lipinski definition) is 10. The molecule has 1 amide bonds. The average molecular weight is 671 g/mol. The van der Waals surface area contributed by atoms with Gasteiger partial charge in [-0.1, -0.05) is 32.8 Å². The van der Waals surface area contributed by atoms with Crippen LogP contribution in [0.1, 0.15) is 106 Å². The first-order valence-electron chi connectivity index (χ1n) is 17.4. The number of aliphatic hydroxyl groups excluding tert-OH is 1. The zero-order valence-corrected chi connectivity index (χ0v) is 29.9. The van der Waals surface area contributed by atoms with Crippen molar-refractivity contribution < 1.29 is 43.4 Å². The molecule has 0 fully saturated rings. The lowest BCUT2D eigenvalue weighted by molar-refractivity contribution is -0.0251. The van der Waals surface area contributed by atoms with E-state index < -0.39 is 29.8 Å². The minimum absolute atomic E-state index is 0.0216. The molecule has 11 heteroatoms. The van der Waals surface area contributed by atoms with Crippen molar-refractivity contribution in [3.8, 4) is 28.7 Å². The van der Waals surface area contributed by atoms with E-state index in [1.54, 1.807) is 4.90 Å². The molecule has 2 aromatic carbocycles. The summed E-state index contributed by atoms with van der Waals surface area (Å²) < 4.78 is 36.8. The third-order valence-corrected chi connectivity index (χ3v) is 9.41. The SMILES string of the molecule is CCCCOC[C@H]1c2c(c(OCCCC)c(C)c3c2OCO3)C[C@@H](C2N[C@H](CO)Cc3cc(C)c(OC)c(O)c32)N1C(=O)OC(C)(C)C. The van der Waals surface area contributed by atoms with Crippen LogP contribution in [0.2, 0.25) is 0 Å². The molecule has 3 aliphatic heterocycles. The van der Waals surface area contributed by atoms with Gasteiger partial charge >= 0.3 is 6.09 Å². The minimum atomic E-state index is -0.785. The number of fused-ring (bicyclic) bond motifs is 4. The van der Waals surface area contributed by atoms with Crippen molar-refractivity contribution >= 4 is 6.09 Å². The van der Waals surface area contributed by atoms with E-state index in [-0.39, 0.29) is 31.8 Å². The van der Waals surface area contributed by atoms with Gasteiger partial charge in [0.05, 0.1) is 45.1 Å². The van der Waals surface area contributed by atoms with E-state index in [1.807, 2.05) is 40.7 Å². The number of hydrogen-bond donors (Lipinski definition) is 3. The standard InChI is InChI=1S/C37H54N2O9/c1-9-11-13-44-19-27-29-25(33(45-14-12-10-2)22(4)34-35(29)47-20-46-34)17-26(39(27)36(42)48-37(5,6)7)30-28-23(16-24(18-40)38-30)15-21(3)32(43-8)31(28)41/h15,24,26-27,30,38,40-41H,9-14,16-20H2,1-8H3/t24-,26-,27-,30?/m0/s1. The molecule has 0 bridgehead atoms. The molecule has 0 saturated carbocycles. The highest BCUT2D eigenvalue weighted by atomic mass is 16.7. The number of rotatable bonds is 12.